The highest BCUT2D eigenvalue weighted by molar-refractivity contribution is 5.50. The van der Waals surface area contributed by atoms with E-state index in [0.717, 1.165) is 31.4 Å². The van der Waals surface area contributed by atoms with E-state index in [1.54, 1.807) is 6.07 Å². The lowest BCUT2D eigenvalue weighted by molar-refractivity contribution is 0.203. The fourth-order valence-electron chi connectivity index (χ4n) is 3.44. The summed E-state index contributed by atoms with van der Waals surface area (Å²) in [6.07, 6.45) is 3.27. The molecule has 2 aliphatic carbocycles. The number of aromatic hydroxyl groups is 1. The predicted octanol–water partition coefficient (Wildman–Crippen LogP) is 2.61. The Morgan fingerprint density at radius 2 is 2.05 bits per heavy atom. The lowest BCUT2D eigenvalue weighted by Crippen LogP contribution is -2.29. The van der Waals surface area contributed by atoms with Crippen molar-refractivity contribution in [2.45, 2.75) is 45.1 Å². The first-order chi connectivity index (χ1) is 9.06. The molecule has 2 atom stereocenters. The highest BCUT2D eigenvalue weighted by atomic mass is 16.3. The molecule has 0 aliphatic heterocycles. The number of rotatable bonds is 4. The fourth-order valence-corrected chi connectivity index (χ4v) is 3.44. The minimum absolute atomic E-state index is 0.117. The first-order valence-electron chi connectivity index (χ1n) is 7.23. The number of hydrogen-bond acceptors (Lipinski definition) is 3. The van der Waals surface area contributed by atoms with Gasteiger partial charge in [-0.15, -0.1) is 0 Å². The zero-order valence-corrected chi connectivity index (χ0v) is 11.7. The molecule has 1 fully saturated rings. The monoisotopic (exact) mass is 261 g/mol. The summed E-state index contributed by atoms with van der Waals surface area (Å²) in [5.74, 6) is 0.903. The largest absolute Gasteiger partial charge is 0.508 e. The second-order valence-corrected chi connectivity index (χ2v) is 6.46. The number of hydrogen-bond donors (Lipinski definition) is 3. The topological polar surface area (TPSA) is 52.5 Å². The smallest absolute Gasteiger partial charge is 0.120 e. The van der Waals surface area contributed by atoms with Crippen LogP contribution in [0.2, 0.25) is 0 Å². The van der Waals surface area contributed by atoms with E-state index in [-0.39, 0.29) is 18.1 Å². The van der Waals surface area contributed by atoms with Gasteiger partial charge in [-0.05, 0) is 49.3 Å². The van der Waals surface area contributed by atoms with Crippen LogP contribution < -0.4 is 5.32 Å². The van der Waals surface area contributed by atoms with Crippen molar-refractivity contribution in [1.29, 1.82) is 0 Å². The van der Waals surface area contributed by atoms with Gasteiger partial charge in [0.15, 0.2) is 0 Å². The quantitative estimate of drug-likeness (QED) is 0.781. The summed E-state index contributed by atoms with van der Waals surface area (Å²) < 4.78 is 0. The summed E-state index contributed by atoms with van der Waals surface area (Å²) in [4.78, 5) is 0. The van der Waals surface area contributed by atoms with Gasteiger partial charge in [0.2, 0.25) is 0 Å². The summed E-state index contributed by atoms with van der Waals surface area (Å²) in [5.41, 5.74) is 3.78. The SMILES string of the molecule is Cc1ccc(O)c2c1C(C)CC2NCC1(CO)CC1. The summed E-state index contributed by atoms with van der Waals surface area (Å²) in [7, 11) is 0. The van der Waals surface area contributed by atoms with E-state index >= 15 is 0 Å². The van der Waals surface area contributed by atoms with Gasteiger partial charge in [-0.2, -0.15) is 0 Å². The van der Waals surface area contributed by atoms with E-state index < -0.39 is 0 Å². The van der Waals surface area contributed by atoms with E-state index in [1.165, 1.54) is 11.1 Å². The molecular formula is C16H23NO2. The van der Waals surface area contributed by atoms with Gasteiger partial charge in [0.25, 0.3) is 0 Å². The molecule has 2 unspecified atom stereocenters. The number of phenols is 1. The average molecular weight is 261 g/mol. The second-order valence-electron chi connectivity index (χ2n) is 6.46. The maximum Gasteiger partial charge on any atom is 0.120 e. The normalized spacial score (nSPS) is 27.3. The third-order valence-electron chi connectivity index (χ3n) is 4.93. The van der Waals surface area contributed by atoms with Crippen LogP contribution in [0.15, 0.2) is 12.1 Å². The van der Waals surface area contributed by atoms with Crippen LogP contribution in [0.25, 0.3) is 0 Å². The van der Waals surface area contributed by atoms with Crippen molar-refractivity contribution in [3.05, 3.63) is 28.8 Å². The Hall–Kier alpha value is -1.06. The van der Waals surface area contributed by atoms with Crippen LogP contribution in [0.3, 0.4) is 0 Å². The van der Waals surface area contributed by atoms with Gasteiger partial charge >= 0.3 is 0 Å². The van der Waals surface area contributed by atoms with Crippen molar-refractivity contribution < 1.29 is 10.2 Å². The Bertz CT molecular complexity index is 494. The molecule has 0 aromatic heterocycles. The van der Waals surface area contributed by atoms with Crippen LogP contribution in [-0.2, 0) is 0 Å². The summed E-state index contributed by atoms with van der Waals surface area (Å²) >= 11 is 0. The number of nitrogens with one attached hydrogen (secondary N) is 1. The van der Waals surface area contributed by atoms with E-state index in [0.29, 0.717) is 11.7 Å². The number of aliphatic hydroxyl groups is 1. The molecule has 1 aromatic rings. The molecule has 0 radical (unpaired) electrons. The molecule has 0 amide bonds. The third kappa shape index (κ3) is 2.15. The lowest BCUT2D eigenvalue weighted by atomic mass is 9.97. The van der Waals surface area contributed by atoms with Crippen LogP contribution in [-0.4, -0.2) is 23.4 Å². The molecule has 3 N–H and O–H groups in total. The molecule has 0 saturated heterocycles. The van der Waals surface area contributed by atoms with Crippen LogP contribution in [0, 0.1) is 12.3 Å². The molecule has 3 rings (SSSR count). The van der Waals surface area contributed by atoms with Crippen LogP contribution in [0.5, 0.6) is 5.75 Å². The van der Waals surface area contributed by atoms with Gasteiger partial charge < -0.3 is 15.5 Å². The highest BCUT2D eigenvalue weighted by Gasteiger charge is 2.43. The molecule has 1 saturated carbocycles. The van der Waals surface area contributed by atoms with E-state index in [2.05, 4.69) is 19.2 Å². The molecule has 19 heavy (non-hydrogen) atoms. The third-order valence-corrected chi connectivity index (χ3v) is 4.93. The minimum atomic E-state index is 0.117. The maximum absolute atomic E-state index is 10.2. The Morgan fingerprint density at radius 3 is 2.68 bits per heavy atom. The summed E-state index contributed by atoms with van der Waals surface area (Å²) in [5, 5.41) is 23.1. The van der Waals surface area contributed by atoms with Crippen molar-refractivity contribution in [3.8, 4) is 5.75 Å². The Kier molecular flexibility index (Phi) is 3.06. The molecule has 0 spiro atoms. The Balaban J connectivity index is 1.81. The number of aliphatic hydroxyl groups excluding tert-OH is 1. The minimum Gasteiger partial charge on any atom is -0.508 e. The molecule has 104 valence electrons. The molecular weight excluding hydrogens is 238 g/mol. The zero-order valence-electron chi connectivity index (χ0n) is 11.7. The Labute approximate surface area is 114 Å². The van der Waals surface area contributed by atoms with Crippen molar-refractivity contribution in [1.82, 2.24) is 5.32 Å². The molecule has 3 heteroatoms. The zero-order chi connectivity index (χ0) is 13.6. The molecule has 0 bridgehead atoms. The predicted molar refractivity (Wildman–Crippen MR) is 75.4 cm³/mol. The second kappa shape index (κ2) is 4.50. The number of aryl methyl sites for hydroxylation is 1. The summed E-state index contributed by atoms with van der Waals surface area (Å²) in [6, 6.07) is 4.04. The van der Waals surface area contributed by atoms with E-state index in [9.17, 15) is 10.2 Å². The average Bonchev–Trinajstić information content (AvgIpc) is 3.10. The van der Waals surface area contributed by atoms with Gasteiger partial charge in [0, 0.05) is 30.2 Å². The van der Waals surface area contributed by atoms with Crippen LogP contribution in [0.4, 0.5) is 0 Å². The highest BCUT2D eigenvalue weighted by Crippen LogP contribution is 2.48. The van der Waals surface area contributed by atoms with Gasteiger partial charge in [-0.3, -0.25) is 0 Å². The van der Waals surface area contributed by atoms with Gasteiger partial charge in [0.1, 0.15) is 5.75 Å². The van der Waals surface area contributed by atoms with Gasteiger partial charge in [-0.1, -0.05) is 13.0 Å². The van der Waals surface area contributed by atoms with E-state index in [4.69, 9.17) is 0 Å². The van der Waals surface area contributed by atoms with Crippen molar-refractivity contribution in [3.63, 3.8) is 0 Å². The number of phenolic OH excluding ortho intramolecular Hbond substituents is 1. The van der Waals surface area contributed by atoms with Crippen molar-refractivity contribution in [2.75, 3.05) is 13.2 Å². The number of fused-ring (bicyclic) bond motifs is 1. The molecule has 3 nitrogen and oxygen atoms in total. The molecule has 2 aliphatic rings. The van der Waals surface area contributed by atoms with Gasteiger partial charge in [-0.25, -0.2) is 0 Å². The first-order valence-corrected chi connectivity index (χ1v) is 7.23. The first kappa shape index (κ1) is 12.9. The standard InChI is InChI=1S/C16H23NO2/c1-10-3-4-13(19)15-12(7-11(2)14(10)15)17-8-16(9-18)5-6-16/h3-4,11-12,17-19H,5-9H2,1-2H3. The van der Waals surface area contributed by atoms with Crippen molar-refractivity contribution in [2.24, 2.45) is 5.41 Å². The lowest BCUT2D eigenvalue weighted by Gasteiger charge is -2.19. The van der Waals surface area contributed by atoms with Crippen LogP contribution in [0.1, 0.15) is 54.8 Å². The summed E-state index contributed by atoms with van der Waals surface area (Å²) in [6.45, 7) is 5.47. The van der Waals surface area contributed by atoms with Crippen molar-refractivity contribution >= 4 is 0 Å². The maximum atomic E-state index is 10.2. The molecule has 0 heterocycles. The Morgan fingerprint density at radius 1 is 1.32 bits per heavy atom. The van der Waals surface area contributed by atoms with E-state index in [1.807, 2.05) is 6.07 Å². The van der Waals surface area contributed by atoms with Gasteiger partial charge in [0.05, 0.1) is 0 Å². The molecule has 1 aromatic carbocycles. The number of benzene rings is 1. The fraction of sp³-hybridized carbons (Fsp3) is 0.625. The van der Waals surface area contributed by atoms with Crippen LogP contribution >= 0.6 is 0 Å².